The van der Waals surface area contributed by atoms with Gasteiger partial charge in [-0.05, 0) is 12.1 Å². The third-order valence-corrected chi connectivity index (χ3v) is 7.54. The largest absolute Gasteiger partial charge is 0.493 e. The highest BCUT2D eigenvalue weighted by atomic mass is 127. The molecule has 12 nitrogen and oxygen atoms in total. The molecule has 2 aromatic carbocycles. The molecule has 0 radical (unpaired) electrons. The fourth-order valence-corrected chi connectivity index (χ4v) is 5.68. The number of aromatic nitrogens is 1. The first kappa shape index (κ1) is 30.7. The van der Waals surface area contributed by atoms with E-state index in [4.69, 9.17) is 9.47 Å². The van der Waals surface area contributed by atoms with Crippen molar-refractivity contribution < 1.29 is 33.0 Å². The summed E-state index contributed by atoms with van der Waals surface area (Å²) in [6, 6.07) is 10.0. The SMILES string of the molecule is COc1ccc(S(=O)(=O)Nc2nc(-c3cccc([N+](=O)[O-])c3)c(CN(CCO)CCO)s2)cc1OC.I. The highest BCUT2D eigenvalue weighted by molar-refractivity contribution is 14.0. The second-order valence-electron chi connectivity index (χ2n) is 7.44. The normalized spacial score (nSPS) is 11.2. The van der Waals surface area contributed by atoms with Crippen molar-refractivity contribution in [1.82, 2.24) is 9.88 Å². The molecule has 0 aliphatic carbocycles. The van der Waals surface area contributed by atoms with Crippen LogP contribution >= 0.6 is 35.3 Å². The van der Waals surface area contributed by atoms with Crippen LogP contribution in [0.25, 0.3) is 11.3 Å². The summed E-state index contributed by atoms with van der Waals surface area (Å²) in [5, 5.41) is 30.1. The lowest BCUT2D eigenvalue weighted by molar-refractivity contribution is -0.384. The first-order valence-electron chi connectivity index (χ1n) is 10.7. The summed E-state index contributed by atoms with van der Waals surface area (Å²) in [5.74, 6) is 0.606. The molecule has 3 rings (SSSR count). The van der Waals surface area contributed by atoms with Crippen molar-refractivity contribution in [2.24, 2.45) is 0 Å². The molecule has 0 spiro atoms. The number of anilines is 1. The number of nitro groups is 1. The lowest BCUT2D eigenvalue weighted by Gasteiger charge is -2.19. The maximum Gasteiger partial charge on any atom is 0.270 e. The number of aliphatic hydroxyl groups is 2. The number of aliphatic hydroxyl groups excluding tert-OH is 2. The number of sulfonamides is 1. The monoisotopic (exact) mass is 666 g/mol. The standard InChI is InChI=1S/C22H26N4O8S2.HI/c1-33-18-7-6-17(13-19(18)34-2)36(31,32)24-22-23-21(15-4-3-5-16(12-15)26(29)30)20(35-22)14-25(8-10-27)9-11-28;/h3-7,12-13,27-28H,8-11,14H2,1-2H3,(H,23,24);1H. The van der Waals surface area contributed by atoms with Gasteiger partial charge in [0.05, 0.1) is 42.9 Å². The Bertz CT molecular complexity index is 1310. The van der Waals surface area contributed by atoms with Crippen molar-refractivity contribution in [2.75, 3.05) is 45.2 Å². The van der Waals surface area contributed by atoms with Gasteiger partial charge in [-0.2, -0.15) is 0 Å². The number of halogens is 1. The number of nitro benzene ring substituents is 1. The van der Waals surface area contributed by atoms with E-state index in [0.717, 1.165) is 11.3 Å². The summed E-state index contributed by atoms with van der Waals surface area (Å²) in [6.07, 6.45) is 0. The van der Waals surface area contributed by atoms with E-state index < -0.39 is 14.9 Å². The number of non-ortho nitro benzene ring substituents is 1. The number of hydrogen-bond donors (Lipinski definition) is 3. The fourth-order valence-electron chi connectivity index (χ4n) is 3.41. The Kier molecular flexibility index (Phi) is 11.5. The molecule has 1 heterocycles. The maximum atomic E-state index is 13.1. The number of nitrogens with one attached hydrogen (secondary N) is 1. The molecule has 0 aliphatic rings. The number of methoxy groups -OCH3 is 2. The van der Waals surface area contributed by atoms with Crippen LogP contribution in [0.3, 0.4) is 0 Å². The molecule has 0 atom stereocenters. The van der Waals surface area contributed by atoms with Crippen molar-refractivity contribution >= 4 is 56.2 Å². The molecule has 0 saturated heterocycles. The Labute approximate surface area is 235 Å². The zero-order valence-corrected chi connectivity index (χ0v) is 24.0. The van der Waals surface area contributed by atoms with E-state index in [1.807, 2.05) is 0 Å². The smallest absolute Gasteiger partial charge is 0.270 e. The average molecular weight is 667 g/mol. The van der Waals surface area contributed by atoms with Gasteiger partial charge >= 0.3 is 0 Å². The highest BCUT2D eigenvalue weighted by Gasteiger charge is 2.23. The van der Waals surface area contributed by atoms with Gasteiger partial charge in [-0.25, -0.2) is 13.4 Å². The van der Waals surface area contributed by atoms with Crippen molar-refractivity contribution in [3.63, 3.8) is 0 Å². The molecule has 3 N–H and O–H groups in total. The summed E-state index contributed by atoms with van der Waals surface area (Å²) in [4.78, 5) is 17.5. The van der Waals surface area contributed by atoms with Crippen LogP contribution in [0, 0.1) is 10.1 Å². The molecule has 0 unspecified atom stereocenters. The van der Waals surface area contributed by atoms with Crippen LogP contribution in [0.2, 0.25) is 0 Å². The minimum Gasteiger partial charge on any atom is -0.493 e. The van der Waals surface area contributed by atoms with Crippen molar-refractivity contribution in [3.8, 4) is 22.8 Å². The van der Waals surface area contributed by atoms with Gasteiger partial charge < -0.3 is 19.7 Å². The van der Waals surface area contributed by atoms with Gasteiger partial charge in [-0.1, -0.05) is 23.5 Å². The maximum absolute atomic E-state index is 13.1. The lowest BCUT2D eigenvalue weighted by Crippen LogP contribution is -2.29. The zero-order valence-electron chi connectivity index (χ0n) is 20.0. The highest BCUT2D eigenvalue weighted by Crippen LogP contribution is 2.35. The summed E-state index contributed by atoms with van der Waals surface area (Å²) in [6.45, 7) is 0.460. The van der Waals surface area contributed by atoms with Crippen LogP contribution in [0.1, 0.15) is 4.88 Å². The number of rotatable bonds is 13. The minimum absolute atomic E-state index is 0. The molecule has 15 heteroatoms. The van der Waals surface area contributed by atoms with Crippen LogP contribution in [0.4, 0.5) is 10.8 Å². The third-order valence-electron chi connectivity index (χ3n) is 5.11. The van der Waals surface area contributed by atoms with E-state index in [-0.39, 0.29) is 78.3 Å². The molecular formula is C22H27IN4O8S2. The predicted octanol–water partition coefficient (Wildman–Crippen LogP) is 2.94. The van der Waals surface area contributed by atoms with Gasteiger partial charge in [0.2, 0.25) is 0 Å². The number of hydrogen-bond acceptors (Lipinski definition) is 11. The minimum atomic E-state index is -4.07. The van der Waals surface area contributed by atoms with Crippen molar-refractivity contribution in [2.45, 2.75) is 11.4 Å². The van der Waals surface area contributed by atoms with E-state index in [9.17, 15) is 28.7 Å². The second-order valence-corrected chi connectivity index (χ2v) is 10.2. The molecule has 202 valence electrons. The topological polar surface area (TPSA) is 164 Å². The summed E-state index contributed by atoms with van der Waals surface area (Å²) >= 11 is 1.06. The Morgan fingerprint density at radius 1 is 1.08 bits per heavy atom. The predicted molar refractivity (Wildman–Crippen MR) is 149 cm³/mol. The number of thiazole rings is 1. The zero-order chi connectivity index (χ0) is 26.3. The molecule has 1 aromatic heterocycles. The molecule has 37 heavy (non-hydrogen) atoms. The molecule has 0 fully saturated rings. The van der Waals surface area contributed by atoms with Gasteiger partial charge in [0.15, 0.2) is 16.6 Å². The summed E-state index contributed by atoms with van der Waals surface area (Å²) in [5.41, 5.74) is 0.649. The van der Waals surface area contributed by atoms with Crippen molar-refractivity contribution in [3.05, 3.63) is 57.5 Å². The average Bonchev–Trinajstić information content (AvgIpc) is 3.25. The lowest BCUT2D eigenvalue weighted by atomic mass is 10.1. The molecule has 0 aliphatic heterocycles. The van der Waals surface area contributed by atoms with Gasteiger partial charge in [0.25, 0.3) is 15.7 Å². The first-order valence-corrected chi connectivity index (χ1v) is 13.0. The summed E-state index contributed by atoms with van der Waals surface area (Å²) in [7, 11) is -1.23. The molecule has 0 amide bonds. The van der Waals surface area contributed by atoms with E-state index in [1.54, 1.807) is 11.0 Å². The van der Waals surface area contributed by atoms with Crippen molar-refractivity contribution in [1.29, 1.82) is 0 Å². The van der Waals surface area contributed by atoms with Crippen LogP contribution in [0.5, 0.6) is 11.5 Å². The second kappa shape index (κ2) is 13.8. The quantitative estimate of drug-likeness (QED) is 0.140. The molecule has 3 aromatic rings. The van der Waals surface area contributed by atoms with Gasteiger partial charge in [-0.15, -0.1) is 24.0 Å². The van der Waals surface area contributed by atoms with Crippen LogP contribution in [0.15, 0.2) is 47.4 Å². The third kappa shape index (κ3) is 7.71. The number of nitrogens with zero attached hydrogens (tertiary/aromatic N) is 3. The summed E-state index contributed by atoms with van der Waals surface area (Å²) < 4.78 is 39.0. The van der Waals surface area contributed by atoms with Gasteiger partial charge in [0, 0.05) is 48.3 Å². The molecule has 0 saturated carbocycles. The Morgan fingerprint density at radius 2 is 1.76 bits per heavy atom. The Balaban J connectivity index is 0.00000481. The number of ether oxygens (including phenoxy) is 2. The van der Waals surface area contributed by atoms with E-state index in [2.05, 4.69) is 9.71 Å². The van der Waals surface area contributed by atoms with E-state index >= 15 is 0 Å². The molecular weight excluding hydrogens is 639 g/mol. The van der Waals surface area contributed by atoms with Gasteiger partial charge in [0.1, 0.15) is 0 Å². The molecule has 0 bridgehead atoms. The van der Waals surface area contributed by atoms with E-state index in [1.165, 1.54) is 50.6 Å². The first-order chi connectivity index (χ1) is 17.2. The van der Waals surface area contributed by atoms with E-state index in [0.29, 0.717) is 21.9 Å². The fraction of sp³-hybridized carbons (Fsp3) is 0.318. The van der Waals surface area contributed by atoms with Crippen LogP contribution in [-0.2, 0) is 16.6 Å². The Morgan fingerprint density at radius 3 is 2.35 bits per heavy atom. The van der Waals surface area contributed by atoms with Crippen LogP contribution in [-0.4, -0.2) is 74.0 Å². The van der Waals surface area contributed by atoms with Crippen LogP contribution < -0.4 is 14.2 Å². The number of benzene rings is 2. The van der Waals surface area contributed by atoms with Gasteiger partial charge in [-0.3, -0.25) is 19.7 Å². The Hall–Kier alpha value is -2.57.